The molecule has 116 valence electrons. The molecule has 0 radical (unpaired) electrons. The molecule has 5 nitrogen and oxygen atoms in total. The van der Waals surface area contributed by atoms with Crippen molar-refractivity contribution in [1.82, 2.24) is 5.32 Å². The molecule has 1 heterocycles. The van der Waals surface area contributed by atoms with Crippen LogP contribution in [0.2, 0.25) is 0 Å². The number of ether oxygens (including phenoxy) is 2. The molecular formula is C16H17NO4S. The normalized spacial score (nSPS) is 10.0. The molecule has 1 aromatic heterocycles. The van der Waals surface area contributed by atoms with E-state index in [1.807, 2.05) is 5.38 Å². The number of hydrogen-bond donors (Lipinski definition) is 1. The molecule has 6 heteroatoms. The summed E-state index contributed by atoms with van der Waals surface area (Å²) < 4.78 is 10.2. The lowest BCUT2D eigenvalue weighted by Crippen LogP contribution is -2.24. The number of carbonyl (C=O) groups is 2. The number of nitrogens with one attached hydrogen (secondary N) is 1. The van der Waals surface area contributed by atoms with E-state index in [9.17, 15) is 9.59 Å². The van der Waals surface area contributed by atoms with Crippen molar-refractivity contribution in [2.24, 2.45) is 0 Å². The van der Waals surface area contributed by atoms with Gasteiger partial charge in [0.25, 0.3) is 5.91 Å². The van der Waals surface area contributed by atoms with Gasteiger partial charge in [0, 0.05) is 23.9 Å². The van der Waals surface area contributed by atoms with Crippen LogP contribution in [0.4, 0.5) is 0 Å². The van der Waals surface area contributed by atoms with E-state index < -0.39 is 0 Å². The first-order valence-corrected chi connectivity index (χ1v) is 7.78. The molecule has 0 unspecified atom stereocenters. The lowest BCUT2D eigenvalue weighted by molar-refractivity contribution is -0.134. The highest BCUT2D eigenvalue weighted by Gasteiger charge is 2.07. The van der Waals surface area contributed by atoms with E-state index in [2.05, 4.69) is 5.32 Å². The first-order valence-electron chi connectivity index (χ1n) is 6.84. The molecule has 22 heavy (non-hydrogen) atoms. The summed E-state index contributed by atoms with van der Waals surface area (Å²) in [4.78, 5) is 23.3. The fourth-order valence-corrected chi connectivity index (χ4v) is 2.39. The lowest BCUT2D eigenvalue weighted by atomic mass is 10.3. The molecule has 1 amide bonds. The van der Waals surface area contributed by atoms with Crippen LogP contribution in [0.3, 0.4) is 0 Å². The van der Waals surface area contributed by atoms with Crippen molar-refractivity contribution in [2.75, 3.05) is 13.7 Å². The van der Waals surface area contributed by atoms with Crippen molar-refractivity contribution in [3.05, 3.63) is 46.7 Å². The lowest BCUT2D eigenvalue weighted by Gasteiger charge is -2.06. The Bertz CT molecular complexity index is 608. The van der Waals surface area contributed by atoms with Crippen molar-refractivity contribution in [3.8, 4) is 11.5 Å². The first-order chi connectivity index (χ1) is 10.7. The largest absolute Gasteiger partial charge is 0.497 e. The van der Waals surface area contributed by atoms with Crippen molar-refractivity contribution < 1.29 is 19.1 Å². The van der Waals surface area contributed by atoms with E-state index in [4.69, 9.17) is 9.47 Å². The number of methoxy groups -OCH3 is 1. The molecule has 2 aromatic rings. The van der Waals surface area contributed by atoms with Gasteiger partial charge in [-0.25, -0.2) is 0 Å². The Morgan fingerprint density at radius 2 is 1.86 bits per heavy atom. The molecule has 0 fully saturated rings. The van der Waals surface area contributed by atoms with E-state index in [0.717, 1.165) is 0 Å². The Kier molecular flexibility index (Phi) is 5.97. The summed E-state index contributed by atoms with van der Waals surface area (Å²) >= 11 is 1.47. The van der Waals surface area contributed by atoms with Gasteiger partial charge in [0.1, 0.15) is 11.5 Å². The highest BCUT2D eigenvalue weighted by atomic mass is 32.1. The molecule has 1 aromatic carbocycles. The van der Waals surface area contributed by atoms with Crippen molar-refractivity contribution >= 4 is 23.2 Å². The van der Waals surface area contributed by atoms with Crippen LogP contribution < -0.4 is 14.8 Å². The van der Waals surface area contributed by atoms with Gasteiger partial charge in [0.15, 0.2) is 0 Å². The van der Waals surface area contributed by atoms with Gasteiger partial charge in [0.2, 0.25) is 0 Å². The average Bonchev–Trinajstić information content (AvgIpc) is 3.06. The maximum absolute atomic E-state index is 11.7. The highest BCUT2D eigenvalue weighted by Crippen LogP contribution is 2.17. The topological polar surface area (TPSA) is 64.6 Å². The third kappa shape index (κ3) is 4.89. The number of carbonyl (C=O) groups excluding carboxylic acids is 2. The van der Waals surface area contributed by atoms with Crippen LogP contribution in [-0.2, 0) is 4.79 Å². The molecule has 0 bridgehead atoms. The SMILES string of the molecule is COc1ccc(OC(=O)CCCNC(=O)c2ccsc2)cc1. The van der Waals surface area contributed by atoms with Gasteiger partial charge in [0.05, 0.1) is 7.11 Å². The molecular weight excluding hydrogens is 302 g/mol. The maximum atomic E-state index is 11.7. The zero-order valence-electron chi connectivity index (χ0n) is 12.2. The second-order valence-electron chi connectivity index (χ2n) is 4.52. The third-order valence-corrected chi connectivity index (χ3v) is 3.60. The first kappa shape index (κ1) is 16.0. The monoisotopic (exact) mass is 319 g/mol. The van der Waals surface area contributed by atoms with E-state index in [-0.39, 0.29) is 18.3 Å². The van der Waals surface area contributed by atoms with Crippen LogP contribution >= 0.6 is 11.3 Å². The second-order valence-corrected chi connectivity index (χ2v) is 5.30. The van der Waals surface area contributed by atoms with E-state index >= 15 is 0 Å². The predicted molar refractivity (Wildman–Crippen MR) is 84.5 cm³/mol. The Hall–Kier alpha value is -2.34. The Morgan fingerprint density at radius 1 is 1.14 bits per heavy atom. The van der Waals surface area contributed by atoms with Gasteiger partial charge >= 0.3 is 5.97 Å². The zero-order chi connectivity index (χ0) is 15.8. The molecule has 0 atom stereocenters. The molecule has 0 saturated heterocycles. The number of thiophene rings is 1. The summed E-state index contributed by atoms with van der Waals surface area (Å²) in [6, 6.07) is 8.56. The fourth-order valence-electron chi connectivity index (χ4n) is 1.76. The minimum Gasteiger partial charge on any atom is -0.497 e. The average molecular weight is 319 g/mol. The van der Waals surface area contributed by atoms with Gasteiger partial charge in [-0.05, 0) is 42.1 Å². The standard InChI is InChI=1S/C16H17NO4S/c1-20-13-4-6-14(7-5-13)21-15(18)3-2-9-17-16(19)12-8-10-22-11-12/h4-8,10-11H,2-3,9H2,1H3,(H,17,19). The van der Waals surface area contributed by atoms with Gasteiger partial charge in [-0.3, -0.25) is 9.59 Å². The summed E-state index contributed by atoms with van der Waals surface area (Å²) in [5.74, 6) is 0.740. The number of rotatable bonds is 7. The minimum atomic E-state index is -0.324. The van der Waals surface area contributed by atoms with Crippen LogP contribution in [-0.4, -0.2) is 25.5 Å². The molecule has 0 saturated carbocycles. The van der Waals surface area contributed by atoms with Crippen LogP contribution in [0.5, 0.6) is 11.5 Å². The second kappa shape index (κ2) is 8.19. The molecule has 2 rings (SSSR count). The molecule has 0 aliphatic heterocycles. The van der Waals surface area contributed by atoms with Crippen molar-refractivity contribution in [2.45, 2.75) is 12.8 Å². The molecule has 0 aliphatic carbocycles. The van der Waals surface area contributed by atoms with Gasteiger partial charge in [-0.2, -0.15) is 11.3 Å². The van der Waals surface area contributed by atoms with E-state index in [0.29, 0.717) is 30.0 Å². The van der Waals surface area contributed by atoms with Crippen LogP contribution in [0.15, 0.2) is 41.1 Å². The number of amides is 1. The van der Waals surface area contributed by atoms with E-state index in [1.54, 1.807) is 42.8 Å². The fraction of sp³-hybridized carbons (Fsp3) is 0.250. The maximum Gasteiger partial charge on any atom is 0.311 e. The zero-order valence-corrected chi connectivity index (χ0v) is 13.0. The smallest absolute Gasteiger partial charge is 0.311 e. The summed E-state index contributed by atoms with van der Waals surface area (Å²) in [5, 5.41) is 6.40. The quantitative estimate of drug-likeness (QED) is 0.484. The molecule has 0 spiro atoms. The minimum absolute atomic E-state index is 0.121. The Balaban J connectivity index is 1.66. The van der Waals surface area contributed by atoms with Crippen LogP contribution in [0.25, 0.3) is 0 Å². The summed E-state index contributed by atoms with van der Waals surface area (Å²) in [5.41, 5.74) is 0.644. The Morgan fingerprint density at radius 3 is 2.50 bits per heavy atom. The Labute approximate surface area is 132 Å². The summed E-state index contributed by atoms with van der Waals surface area (Å²) in [6.45, 7) is 0.437. The third-order valence-electron chi connectivity index (χ3n) is 2.92. The molecule has 0 aliphatic rings. The van der Waals surface area contributed by atoms with Gasteiger partial charge in [-0.15, -0.1) is 0 Å². The van der Waals surface area contributed by atoms with E-state index in [1.165, 1.54) is 11.3 Å². The number of esters is 1. The predicted octanol–water partition coefficient (Wildman–Crippen LogP) is 2.87. The molecule has 1 N–H and O–H groups in total. The van der Waals surface area contributed by atoms with Gasteiger partial charge in [-0.1, -0.05) is 0 Å². The van der Waals surface area contributed by atoms with Crippen molar-refractivity contribution in [3.63, 3.8) is 0 Å². The summed E-state index contributed by atoms with van der Waals surface area (Å²) in [7, 11) is 1.57. The van der Waals surface area contributed by atoms with Crippen molar-refractivity contribution in [1.29, 1.82) is 0 Å². The number of hydrogen-bond acceptors (Lipinski definition) is 5. The number of benzene rings is 1. The highest BCUT2D eigenvalue weighted by molar-refractivity contribution is 7.08. The van der Waals surface area contributed by atoms with Gasteiger partial charge < -0.3 is 14.8 Å². The summed E-state index contributed by atoms with van der Waals surface area (Å²) in [6.07, 6.45) is 0.779. The van der Waals surface area contributed by atoms with Crippen LogP contribution in [0.1, 0.15) is 23.2 Å². The van der Waals surface area contributed by atoms with Crippen LogP contribution in [0, 0.1) is 0 Å².